The van der Waals surface area contributed by atoms with Gasteiger partial charge in [-0.25, -0.2) is 0 Å². The van der Waals surface area contributed by atoms with Crippen molar-refractivity contribution in [2.75, 3.05) is 12.8 Å². The Morgan fingerprint density at radius 1 is 1.30 bits per heavy atom. The summed E-state index contributed by atoms with van der Waals surface area (Å²) in [6.45, 7) is 0.429. The van der Waals surface area contributed by atoms with Crippen molar-refractivity contribution in [2.45, 2.75) is 6.54 Å². The third-order valence-electron chi connectivity index (χ3n) is 2.83. The maximum Gasteiger partial charge on any atom is 0.251 e. The van der Waals surface area contributed by atoms with Crippen LogP contribution in [0.4, 0.5) is 5.69 Å². The summed E-state index contributed by atoms with van der Waals surface area (Å²) in [4.78, 5) is 12.0. The minimum Gasteiger partial charge on any atom is -0.495 e. The molecule has 0 aliphatic heterocycles. The third-order valence-corrected chi connectivity index (χ3v) is 3.50. The highest BCUT2D eigenvalue weighted by Gasteiger charge is 2.06. The van der Waals surface area contributed by atoms with Crippen LogP contribution in [0.15, 0.2) is 42.5 Å². The number of rotatable bonds is 4. The van der Waals surface area contributed by atoms with Gasteiger partial charge in [0.05, 0.1) is 12.8 Å². The molecule has 1 amide bonds. The van der Waals surface area contributed by atoms with Gasteiger partial charge in [-0.15, -0.1) is 0 Å². The van der Waals surface area contributed by atoms with Crippen molar-refractivity contribution in [3.63, 3.8) is 0 Å². The molecule has 2 aromatic rings. The maximum absolute atomic E-state index is 12.0. The van der Waals surface area contributed by atoms with E-state index in [9.17, 15) is 4.79 Å². The molecule has 0 bridgehead atoms. The summed E-state index contributed by atoms with van der Waals surface area (Å²) >= 11 is 2.18. The summed E-state index contributed by atoms with van der Waals surface area (Å²) in [5.74, 6) is 0.538. The van der Waals surface area contributed by atoms with Gasteiger partial charge in [0.15, 0.2) is 0 Å². The number of nitrogen functional groups attached to an aromatic ring is 1. The van der Waals surface area contributed by atoms with Gasteiger partial charge in [0.2, 0.25) is 0 Å². The summed E-state index contributed by atoms with van der Waals surface area (Å²) in [5.41, 5.74) is 7.98. The van der Waals surface area contributed by atoms with E-state index in [0.29, 0.717) is 23.5 Å². The maximum atomic E-state index is 12.0. The number of nitrogens with two attached hydrogens (primary N) is 1. The number of methoxy groups -OCH3 is 1. The second-order valence-electron chi connectivity index (χ2n) is 4.27. The van der Waals surface area contributed by atoms with Gasteiger partial charge in [0.25, 0.3) is 5.91 Å². The molecular weight excluding hydrogens is 367 g/mol. The van der Waals surface area contributed by atoms with E-state index >= 15 is 0 Å². The van der Waals surface area contributed by atoms with E-state index in [4.69, 9.17) is 10.5 Å². The van der Waals surface area contributed by atoms with Crippen LogP contribution >= 0.6 is 22.6 Å². The average molecular weight is 382 g/mol. The lowest BCUT2D eigenvalue weighted by Crippen LogP contribution is -2.22. The number of benzene rings is 2. The van der Waals surface area contributed by atoms with E-state index in [1.54, 1.807) is 25.3 Å². The number of amides is 1. The van der Waals surface area contributed by atoms with Gasteiger partial charge in [-0.3, -0.25) is 4.79 Å². The molecule has 0 saturated heterocycles. The van der Waals surface area contributed by atoms with Gasteiger partial charge >= 0.3 is 0 Å². The van der Waals surface area contributed by atoms with Gasteiger partial charge < -0.3 is 15.8 Å². The minimum atomic E-state index is -0.0992. The number of hydrogen-bond donors (Lipinski definition) is 2. The van der Waals surface area contributed by atoms with Gasteiger partial charge in [-0.2, -0.15) is 0 Å². The quantitative estimate of drug-likeness (QED) is 0.632. The zero-order chi connectivity index (χ0) is 14.5. The highest BCUT2D eigenvalue weighted by atomic mass is 127. The Morgan fingerprint density at radius 2 is 2.10 bits per heavy atom. The van der Waals surface area contributed by atoms with Crippen LogP contribution in [0.1, 0.15) is 15.9 Å². The summed E-state index contributed by atoms with van der Waals surface area (Å²) in [5, 5.41) is 2.87. The zero-order valence-corrected chi connectivity index (χ0v) is 13.2. The Balaban J connectivity index is 2.02. The molecule has 2 aromatic carbocycles. The Bertz CT molecular complexity index is 629. The first kappa shape index (κ1) is 14.6. The van der Waals surface area contributed by atoms with Gasteiger partial charge in [-0.05, 0) is 58.5 Å². The highest BCUT2D eigenvalue weighted by Crippen LogP contribution is 2.21. The molecule has 20 heavy (non-hydrogen) atoms. The van der Waals surface area contributed by atoms with E-state index in [2.05, 4.69) is 27.9 Å². The standard InChI is InChI=1S/C15H15IN2O2/c1-20-14-6-5-10(7-13(14)17)9-18-15(19)11-3-2-4-12(16)8-11/h2-8H,9,17H2,1H3,(H,18,19). The number of ether oxygens (including phenoxy) is 1. The number of carbonyl (C=O) groups is 1. The van der Waals surface area contributed by atoms with E-state index in [-0.39, 0.29) is 5.91 Å². The van der Waals surface area contributed by atoms with Crippen LogP contribution < -0.4 is 15.8 Å². The van der Waals surface area contributed by atoms with Crippen molar-refractivity contribution in [2.24, 2.45) is 0 Å². The minimum absolute atomic E-state index is 0.0992. The number of nitrogens with one attached hydrogen (secondary N) is 1. The Kier molecular flexibility index (Phi) is 4.84. The van der Waals surface area contributed by atoms with Crippen molar-refractivity contribution in [1.82, 2.24) is 5.32 Å². The van der Waals surface area contributed by atoms with Crippen LogP contribution in [0.5, 0.6) is 5.75 Å². The molecule has 5 heteroatoms. The van der Waals surface area contributed by atoms with E-state index in [1.807, 2.05) is 24.3 Å². The zero-order valence-electron chi connectivity index (χ0n) is 11.0. The van der Waals surface area contributed by atoms with Crippen LogP contribution in [0.2, 0.25) is 0 Å². The topological polar surface area (TPSA) is 64.3 Å². The lowest BCUT2D eigenvalue weighted by Gasteiger charge is -2.09. The summed E-state index contributed by atoms with van der Waals surface area (Å²) in [7, 11) is 1.57. The molecule has 0 aliphatic carbocycles. The molecule has 0 heterocycles. The molecule has 104 valence electrons. The number of halogens is 1. The van der Waals surface area contributed by atoms with E-state index in [0.717, 1.165) is 9.13 Å². The lowest BCUT2D eigenvalue weighted by molar-refractivity contribution is 0.0951. The first-order valence-corrected chi connectivity index (χ1v) is 7.14. The molecule has 0 aliphatic rings. The summed E-state index contributed by atoms with van der Waals surface area (Å²) in [6, 6.07) is 12.9. The van der Waals surface area contributed by atoms with Crippen LogP contribution in [0, 0.1) is 3.57 Å². The lowest BCUT2D eigenvalue weighted by atomic mass is 10.1. The predicted molar refractivity (Wildman–Crippen MR) is 87.7 cm³/mol. The van der Waals surface area contributed by atoms with E-state index in [1.165, 1.54) is 0 Å². The smallest absolute Gasteiger partial charge is 0.251 e. The largest absolute Gasteiger partial charge is 0.495 e. The van der Waals surface area contributed by atoms with Crippen molar-refractivity contribution in [3.8, 4) is 5.75 Å². The number of anilines is 1. The molecule has 0 atom stereocenters. The fourth-order valence-corrected chi connectivity index (χ4v) is 2.35. The predicted octanol–water partition coefficient (Wildman–Crippen LogP) is 2.81. The van der Waals surface area contributed by atoms with Gasteiger partial charge in [-0.1, -0.05) is 12.1 Å². The Morgan fingerprint density at radius 3 is 2.75 bits per heavy atom. The highest BCUT2D eigenvalue weighted by molar-refractivity contribution is 14.1. The monoisotopic (exact) mass is 382 g/mol. The molecule has 3 N–H and O–H groups in total. The molecule has 0 spiro atoms. The second kappa shape index (κ2) is 6.60. The van der Waals surface area contributed by atoms with Crippen molar-refractivity contribution < 1.29 is 9.53 Å². The molecule has 0 aromatic heterocycles. The second-order valence-corrected chi connectivity index (χ2v) is 5.51. The molecular formula is C15H15IN2O2. The SMILES string of the molecule is COc1ccc(CNC(=O)c2cccc(I)c2)cc1N. The molecule has 0 saturated carbocycles. The van der Waals surface area contributed by atoms with Crippen LogP contribution in [-0.2, 0) is 6.54 Å². The molecule has 4 nitrogen and oxygen atoms in total. The average Bonchev–Trinajstić information content (AvgIpc) is 2.45. The molecule has 0 radical (unpaired) electrons. The summed E-state index contributed by atoms with van der Waals surface area (Å²) in [6.07, 6.45) is 0. The third kappa shape index (κ3) is 3.63. The van der Waals surface area contributed by atoms with Gasteiger partial charge in [0, 0.05) is 15.7 Å². The number of hydrogen-bond acceptors (Lipinski definition) is 3. The van der Waals surface area contributed by atoms with Crippen LogP contribution in [0.3, 0.4) is 0 Å². The summed E-state index contributed by atoms with van der Waals surface area (Å²) < 4.78 is 6.13. The van der Waals surface area contributed by atoms with E-state index < -0.39 is 0 Å². The first-order chi connectivity index (χ1) is 9.60. The molecule has 2 rings (SSSR count). The fourth-order valence-electron chi connectivity index (χ4n) is 1.81. The Hall–Kier alpha value is -1.76. The number of carbonyl (C=O) groups excluding carboxylic acids is 1. The van der Waals surface area contributed by atoms with Crippen LogP contribution in [0.25, 0.3) is 0 Å². The van der Waals surface area contributed by atoms with Crippen molar-refractivity contribution in [3.05, 3.63) is 57.2 Å². The Labute approximate surface area is 131 Å². The van der Waals surface area contributed by atoms with Gasteiger partial charge in [0.1, 0.15) is 5.75 Å². The molecule has 0 unspecified atom stereocenters. The molecule has 0 fully saturated rings. The van der Waals surface area contributed by atoms with Crippen molar-refractivity contribution >= 4 is 34.2 Å². The first-order valence-electron chi connectivity index (χ1n) is 6.06. The van der Waals surface area contributed by atoms with Crippen molar-refractivity contribution in [1.29, 1.82) is 0 Å². The van der Waals surface area contributed by atoms with Crippen LogP contribution in [-0.4, -0.2) is 13.0 Å². The fraction of sp³-hybridized carbons (Fsp3) is 0.133. The normalized spacial score (nSPS) is 10.1.